The molecule has 2 nitrogen and oxygen atoms in total. The van der Waals surface area contributed by atoms with E-state index in [2.05, 4.69) is 36.7 Å². The molecule has 1 heterocycles. The van der Waals surface area contributed by atoms with E-state index < -0.39 is 11.7 Å². The van der Waals surface area contributed by atoms with Crippen molar-refractivity contribution in [3.63, 3.8) is 0 Å². The van der Waals surface area contributed by atoms with E-state index >= 15 is 0 Å². The molecule has 166 valence electrons. The number of nitrogens with zero attached hydrogens (tertiary/aromatic N) is 2. The molecule has 4 rings (SSSR count). The summed E-state index contributed by atoms with van der Waals surface area (Å²) in [6.45, 7) is 8.14. The summed E-state index contributed by atoms with van der Waals surface area (Å²) in [4.78, 5) is 0. The summed E-state index contributed by atoms with van der Waals surface area (Å²) in [5.41, 5.74) is 4.99. The zero-order valence-electron chi connectivity index (χ0n) is 18.7. The van der Waals surface area contributed by atoms with Gasteiger partial charge in [-0.2, -0.15) is 18.3 Å². The van der Waals surface area contributed by atoms with Crippen LogP contribution in [0.5, 0.6) is 0 Å². The van der Waals surface area contributed by atoms with Crippen molar-refractivity contribution in [1.82, 2.24) is 9.78 Å². The smallest absolute Gasteiger partial charge is 0.257 e. The molecule has 32 heavy (non-hydrogen) atoms. The molecule has 3 aromatic carbocycles. The van der Waals surface area contributed by atoms with Crippen molar-refractivity contribution in [2.45, 2.75) is 46.3 Å². The van der Waals surface area contributed by atoms with Crippen LogP contribution < -0.4 is 0 Å². The normalized spacial score (nSPS) is 13.1. The minimum atomic E-state index is -4.34. The van der Waals surface area contributed by atoms with Gasteiger partial charge in [-0.05, 0) is 78.3 Å². The third-order valence-electron chi connectivity index (χ3n) is 5.96. The van der Waals surface area contributed by atoms with Crippen molar-refractivity contribution in [3.05, 3.63) is 89.1 Å². The number of aromatic nitrogens is 2. The van der Waals surface area contributed by atoms with Crippen LogP contribution in [0.3, 0.4) is 0 Å². The third-order valence-corrected chi connectivity index (χ3v) is 5.96. The molecule has 0 bridgehead atoms. The molecule has 0 radical (unpaired) electrons. The van der Waals surface area contributed by atoms with Crippen molar-refractivity contribution in [3.8, 4) is 11.1 Å². The second-order valence-corrected chi connectivity index (χ2v) is 8.90. The third kappa shape index (κ3) is 4.29. The number of hydrogen-bond acceptors (Lipinski definition) is 1. The van der Waals surface area contributed by atoms with Gasteiger partial charge < -0.3 is 0 Å². The molecule has 0 saturated carbocycles. The summed E-state index contributed by atoms with van der Waals surface area (Å²) in [5.74, 6) is 0.495. The van der Waals surface area contributed by atoms with E-state index in [9.17, 15) is 13.2 Å². The van der Waals surface area contributed by atoms with Gasteiger partial charge in [0.2, 0.25) is 0 Å². The summed E-state index contributed by atoms with van der Waals surface area (Å²) < 4.78 is 41.3. The van der Waals surface area contributed by atoms with Crippen LogP contribution in [0.4, 0.5) is 13.2 Å². The molecule has 0 saturated heterocycles. The van der Waals surface area contributed by atoms with Gasteiger partial charge in [-0.25, -0.2) is 0 Å². The van der Waals surface area contributed by atoms with E-state index in [0.717, 1.165) is 40.1 Å². The highest BCUT2D eigenvalue weighted by atomic mass is 19.4. The lowest BCUT2D eigenvalue weighted by Gasteiger charge is -2.21. The molecular formula is C27H27F3N2. The van der Waals surface area contributed by atoms with Crippen LogP contribution >= 0.6 is 0 Å². The molecule has 1 aromatic heterocycles. The Bertz CT molecular complexity index is 1240. The maximum atomic E-state index is 13.1. The molecule has 0 amide bonds. The molecule has 5 heteroatoms. The Hall–Kier alpha value is -3.08. The lowest BCUT2D eigenvalue weighted by Crippen LogP contribution is -2.14. The monoisotopic (exact) mass is 436 g/mol. The second-order valence-electron chi connectivity index (χ2n) is 8.90. The van der Waals surface area contributed by atoms with E-state index in [1.54, 1.807) is 13.0 Å². The number of fused-ring (bicyclic) bond motifs is 1. The first-order valence-corrected chi connectivity index (χ1v) is 10.9. The minimum Gasteiger partial charge on any atom is -0.257 e. The largest absolute Gasteiger partial charge is 0.416 e. The lowest BCUT2D eigenvalue weighted by molar-refractivity contribution is -0.137. The molecule has 4 aromatic rings. The second kappa shape index (κ2) is 8.45. The average molecular weight is 437 g/mol. The molecule has 0 N–H and O–H groups in total. The summed E-state index contributed by atoms with van der Waals surface area (Å²) in [6.07, 6.45) is -1.53. The van der Waals surface area contributed by atoms with Gasteiger partial charge in [0.25, 0.3) is 0 Å². The fraction of sp³-hybridized carbons (Fsp3) is 0.296. The van der Waals surface area contributed by atoms with E-state index in [0.29, 0.717) is 11.5 Å². The molecule has 1 unspecified atom stereocenters. The van der Waals surface area contributed by atoms with Gasteiger partial charge in [-0.1, -0.05) is 50.2 Å². The summed E-state index contributed by atoms with van der Waals surface area (Å²) in [6, 6.07) is 18.6. The molecule has 1 atom stereocenters. The first-order valence-electron chi connectivity index (χ1n) is 10.9. The van der Waals surface area contributed by atoms with Gasteiger partial charge in [0.15, 0.2) is 0 Å². The van der Waals surface area contributed by atoms with Gasteiger partial charge in [0, 0.05) is 5.39 Å². The SMILES string of the molecule is Cc1cc(C(F)(F)F)ccc1-c1cc2cnn(C(CC(C)C)c3ccccc3)c2cc1C. The number of aryl methyl sites for hydroxylation is 2. The van der Waals surface area contributed by atoms with Gasteiger partial charge in [0.05, 0.1) is 23.3 Å². The van der Waals surface area contributed by atoms with Crippen molar-refractivity contribution in [2.24, 2.45) is 5.92 Å². The molecule has 0 aliphatic carbocycles. The van der Waals surface area contributed by atoms with E-state index in [1.165, 1.54) is 11.6 Å². The molecule has 0 spiro atoms. The highest BCUT2D eigenvalue weighted by Gasteiger charge is 2.30. The topological polar surface area (TPSA) is 17.8 Å². The first kappa shape index (κ1) is 22.1. The van der Waals surface area contributed by atoms with Gasteiger partial charge in [-0.3, -0.25) is 4.68 Å². The van der Waals surface area contributed by atoms with Crippen molar-refractivity contribution < 1.29 is 13.2 Å². The minimum absolute atomic E-state index is 0.117. The Morgan fingerprint density at radius 3 is 2.19 bits per heavy atom. The van der Waals surface area contributed by atoms with Crippen LogP contribution in [-0.2, 0) is 6.18 Å². The van der Waals surface area contributed by atoms with Gasteiger partial charge >= 0.3 is 6.18 Å². The Labute approximate surface area is 186 Å². The zero-order valence-corrected chi connectivity index (χ0v) is 18.7. The van der Waals surface area contributed by atoms with Crippen molar-refractivity contribution in [1.29, 1.82) is 0 Å². The maximum Gasteiger partial charge on any atom is 0.416 e. The van der Waals surface area contributed by atoms with Crippen molar-refractivity contribution in [2.75, 3.05) is 0 Å². The highest BCUT2D eigenvalue weighted by molar-refractivity contribution is 5.87. The summed E-state index contributed by atoms with van der Waals surface area (Å²) >= 11 is 0. The molecule has 0 aliphatic heterocycles. The standard InChI is InChI=1S/C27H27F3N2/c1-17(2)12-25(20-8-6-5-7-9-20)32-26-14-19(4)24(15-21(26)16-31-32)23-11-10-22(13-18(23)3)27(28,29)30/h5-11,13-17,25H,12H2,1-4H3. The Kier molecular flexibility index (Phi) is 5.85. The van der Waals surface area contributed by atoms with Crippen LogP contribution in [0.1, 0.15) is 48.6 Å². The maximum absolute atomic E-state index is 13.1. The van der Waals surface area contributed by atoms with E-state index in [1.807, 2.05) is 37.4 Å². The summed E-state index contributed by atoms with van der Waals surface area (Å²) in [5, 5.41) is 5.72. The number of benzene rings is 3. The fourth-order valence-electron chi connectivity index (χ4n) is 4.38. The predicted molar refractivity (Wildman–Crippen MR) is 124 cm³/mol. The number of alkyl halides is 3. The Morgan fingerprint density at radius 2 is 1.56 bits per heavy atom. The molecule has 0 fully saturated rings. The number of rotatable bonds is 5. The van der Waals surface area contributed by atoms with Gasteiger partial charge in [0.1, 0.15) is 0 Å². The van der Waals surface area contributed by atoms with Crippen LogP contribution in [0.2, 0.25) is 0 Å². The number of hydrogen-bond donors (Lipinski definition) is 0. The molecule has 0 aliphatic rings. The quantitative estimate of drug-likeness (QED) is 0.310. The fourth-order valence-corrected chi connectivity index (χ4v) is 4.38. The zero-order chi connectivity index (χ0) is 23.0. The average Bonchev–Trinajstić information content (AvgIpc) is 3.13. The Morgan fingerprint density at radius 1 is 0.875 bits per heavy atom. The van der Waals surface area contributed by atoms with E-state index in [4.69, 9.17) is 5.10 Å². The van der Waals surface area contributed by atoms with Gasteiger partial charge in [-0.15, -0.1) is 0 Å². The van der Waals surface area contributed by atoms with Crippen molar-refractivity contribution >= 4 is 10.9 Å². The lowest BCUT2D eigenvalue weighted by atomic mass is 9.93. The van der Waals surface area contributed by atoms with E-state index in [-0.39, 0.29) is 6.04 Å². The van der Waals surface area contributed by atoms with Crippen LogP contribution in [0.15, 0.2) is 66.9 Å². The Balaban J connectivity index is 1.80. The predicted octanol–water partition coefficient (Wildman–Crippen LogP) is 7.97. The van der Waals surface area contributed by atoms with Crippen LogP contribution in [0.25, 0.3) is 22.0 Å². The summed E-state index contributed by atoms with van der Waals surface area (Å²) in [7, 11) is 0. The highest BCUT2D eigenvalue weighted by Crippen LogP contribution is 2.36. The first-order chi connectivity index (χ1) is 15.1. The van der Waals surface area contributed by atoms with Crippen LogP contribution in [-0.4, -0.2) is 9.78 Å². The molecular weight excluding hydrogens is 409 g/mol. The van der Waals surface area contributed by atoms with Crippen LogP contribution in [0, 0.1) is 19.8 Å². The number of halogens is 3.